The summed E-state index contributed by atoms with van der Waals surface area (Å²) in [6.07, 6.45) is -0.406. The first kappa shape index (κ1) is 12.3. The lowest BCUT2D eigenvalue weighted by Gasteiger charge is -2.23. The van der Waals surface area contributed by atoms with Crippen molar-refractivity contribution < 1.29 is 14.3 Å². The Kier molecular flexibility index (Phi) is 3.93. The highest BCUT2D eigenvalue weighted by Gasteiger charge is 2.29. The number of amides is 1. The average Bonchev–Trinajstić information content (AvgIpc) is 2.48. The molecule has 0 aromatic rings. The Morgan fingerprint density at radius 3 is 2.73 bits per heavy atom. The fourth-order valence-electron chi connectivity index (χ4n) is 1.45. The van der Waals surface area contributed by atoms with Gasteiger partial charge in [-0.25, -0.2) is 4.79 Å². The lowest BCUT2D eigenvalue weighted by atomic mass is 10.0. The Bertz CT molecular complexity index is 225. The standard InChI is InChI=1S/C10H20N2O3/c1-10(2,3)15-9(13)12-8-6-14-5-7(8)4-11/h7-8H,4-6,11H2,1-3H3,(H,12,13)/t7-,8-/m1/s1. The SMILES string of the molecule is CC(C)(C)OC(=O)N[C@@H]1COC[C@H]1CN. The van der Waals surface area contributed by atoms with E-state index in [0.717, 1.165) is 0 Å². The van der Waals surface area contributed by atoms with Gasteiger partial charge in [0.05, 0.1) is 19.3 Å². The molecule has 88 valence electrons. The first-order chi connectivity index (χ1) is 6.92. The summed E-state index contributed by atoms with van der Waals surface area (Å²) >= 11 is 0. The monoisotopic (exact) mass is 216 g/mol. The van der Waals surface area contributed by atoms with Crippen molar-refractivity contribution in [1.82, 2.24) is 5.32 Å². The van der Waals surface area contributed by atoms with E-state index in [1.807, 2.05) is 20.8 Å². The molecule has 5 nitrogen and oxygen atoms in total. The van der Waals surface area contributed by atoms with Gasteiger partial charge in [0.2, 0.25) is 0 Å². The summed E-state index contributed by atoms with van der Waals surface area (Å²) in [5.74, 6) is 0.192. The van der Waals surface area contributed by atoms with E-state index in [9.17, 15) is 4.79 Å². The van der Waals surface area contributed by atoms with Crippen LogP contribution in [0, 0.1) is 5.92 Å². The van der Waals surface area contributed by atoms with Crippen LogP contribution in [-0.2, 0) is 9.47 Å². The maximum Gasteiger partial charge on any atom is 0.407 e. The van der Waals surface area contributed by atoms with Crippen LogP contribution in [0.25, 0.3) is 0 Å². The molecular weight excluding hydrogens is 196 g/mol. The minimum Gasteiger partial charge on any atom is -0.444 e. The van der Waals surface area contributed by atoms with Crippen LogP contribution in [0.15, 0.2) is 0 Å². The van der Waals surface area contributed by atoms with Gasteiger partial charge in [0, 0.05) is 5.92 Å². The molecule has 15 heavy (non-hydrogen) atoms. The summed E-state index contributed by atoms with van der Waals surface area (Å²) in [5, 5.41) is 2.77. The highest BCUT2D eigenvalue weighted by atomic mass is 16.6. The molecule has 0 radical (unpaired) electrons. The second kappa shape index (κ2) is 4.81. The van der Waals surface area contributed by atoms with E-state index in [2.05, 4.69) is 5.32 Å². The van der Waals surface area contributed by atoms with Gasteiger partial charge in [-0.1, -0.05) is 0 Å². The Morgan fingerprint density at radius 1 is 1.53 bits per heavy atom. The fraction of sp³-hybridized carbons (Fsp3) is 0.900. The van der Waals surface area contributed by atoms with E-state index in [4.69, 9.17) is 15.2 Å². The number of carbonyl (C=O) groups is 1. The summed E-state index contributed by atoms with van der Waals surface area (Å²) in [7, 11) is 0. The Morgan fingerprint density at radius 2 is 2.20 bits per heavy atom. The molecule has 1 aliphatic rings. The summed E-state index contributed by atoms with van der Waals surface area (Å²) in [6.45, 7) is 7.13. The Balaban J connectivity index is 2.37. The van der Waals surface area contributed by atoms with Gasteiger partial charge in [-0.3, -0.25) is 0 Å². The van der Waals surface area contributed by atoms with Crippen molar-refractivity contribution in [2.75, 3.05) is 19.8 Å². The Labute approximate surface area is 90.3 Å². The molecule has 5 heteroatoms. The number of hydrogen-bond donors (Lipinski definition) is 2. The van der Waals surface area contributed by atoms with Crippen LogP contribution in [0.3, 0.4) is 0 Å². The Hall–Kier alpha value is -0.810. The predicted octanol–water partition coefficient (Wildman–Crippen LogP) is 0.485. The number of nitrogens with one attached hydrogen (secondary N) is 1. The number of hydrogen-bond acceptors (Lipinski definition) is 4. The molecule has 0 aromatic carbocycles. The summed E-state index contributed by atoms with van der Waals surface area (Å²) in [4.78, 5) is 11.4. The van der Waals surface area contributed by atoms with E-state index >= 15 is 0 Å². The van der Waals surface area contributed by atoms with E-state index in [1.54, 1.807) is 0 Å². The van der Waals surface area contributed by atoms with Gasteiger partial charge in [-0.2, -0.15) is 0 Å². The third-order valence-electron chi connectivity index (χ3n) is 2.20. The van der Waals surface area contributed by atoms with Crippen molar-refractivity contribution in [3.05, 3.63) is 0 Å². The van der Waals surface area contributed by atoms with Crippen molar-refractivity contribution in [1.29, 1.82) is 0 Å². The van der Waals surface area contributed by atoms with Gasteiger partial charge in [-0.15, -0.1) is 0 Å². The van der Waals surface area contributed by atoms with E-state index in [1.165, 1.54) is 0 Å². The second-order valence-electron chi connectivity index (χ2n) is 4.79. The van der Waals surface area contributed by atoms with Gasteiger partial charge in [0.25, 0.3) is 0 Å². The third kappa shape index (κ3) is 4.05. The zero-order chi connectivity index (χ0) is 11.5. The van der Waals surface area contributed by atoms with Crippen LogP contribution in [-0.4, -0.2) is 37.5 Å². The molecule has 3 N–H and O–H groups in total. The van der Waals surface area contributed by atoms with E-state index in [-0.39, 0.29) is 12.0 Å². The van der Waals surface area contributed by atoms with Crippen LogP contribution >= 0.6 is 0 Å². The topological polar surface area (TPSA) is 73.6 Å². The quantitative estimate of drug-likeness (QED) is 0.704. The molecule has 0 spiro atoms. The van der Waals surface area contributed by atoms with Gasteiger partial charge in [0.15, 0.2) is 0 Å². The van der Waals surface area contributed by atoms with Crippen LogP contribution < -0.4 is 11.1 Å². The molecule has 0 aromatic heterocycles. The number of alkyl carbamates (subject to hydrolysis) is 1. The maximum absolute atomic E-state index is 11.4. The zero-order valence-corrected chi connectivity index (χ0v) is 9.58. The largest absolute Gasteiger partial charge is 0.444 e. The highest BCUT2D eigenvalue weighted by Crippen LogP contribution is 2.13. The lowest BCUT2D eigenvalue weighted by Crippen LogP contribution is -2.44. The average molecular weight is 216 g/mol. The molecule has 0 saturated carbocycles. The number of ether oxygens (including phenoxy) is 2. The van der Waals surface area contributed by atoms with Gasteiger partial charge in [-0.05, 0) is 27.3 Å². The molecule has 1 fully saturated rings. The third-order valence-corrected chi connectivity index (χ3v) is 2.20. The highest BCUT2D eigenvalue weighted by molar-refractivity contribution is 5.68. The summed E-state index contributed by atoms with van der Waals surface area (Å²) in [6, 6.07) is -0.0233. The molecule has 0 unspecified atom stereocenters. The summed E-state index contributed by atoms with van der Waals surface area (Å²) < 4.78 is 10.4. The van der Waals surface area contributed by atoms with Crippen LogP contribution in [0.2, 0.25) is 0 Å². The van der Waals surface area contributed by atoms with Crippen LogP contribution in [0.5, 0.6) is 0 Å². The molecule has 1 rings (SSSR count). The molecule has 1 heterocycles. The predicted molar refractivity (Wildman–Crippen MR) is 56.5 cm³/mol. The summed E-state index contributed by atoms with van der Waals surface area (Å²) in [5.41, 5.74) is 5.08. The van der Waals surface area contributed by atoms with Crippen molar-refractivity contribution in [3.63, 3.8) is 0 Å². The van der Waals surface area contributed by atoms with E-state index in [0.29, 0.717) is 19.8 Å². The maximum atomic E-state index is 11.4. The van der Waals surface area contributed by atoms with Gasteiger partial charge in [0.1, 0.15) is 5.60 Å². The second-order valence-corrected chi connectivity index (χ2v) is 4.79. The van der Waals surface area contributed by atoms with Crippen molar-refractivity contribution in [2.24, 2.45) is 11.7 Å². The van der Waals surface area contributed by atoms with Crippen LogP contribution in [0.4, 0.5) is 4.79 Å². The smallest absolute Gasteiger partial charge is 0.407 e. The molecule has 0 bridgehead atoms. The van der Waals surface area contributed by atoms with E-state index < -0.39 is 11.7 Å². The molecule has 1 amide bonds. The minimum atomic E-state index is -0.470. The zero-order valence-electron chi connectivity index (χ0n) is 9.58. The lowest BCUT2D eigenvalue weighted by molar-refractivity contribution is 0.0492. The van der Waals surface area contributed by atoms with Crippen molar-refractivity contribution >= 4 is 6.09 Å². The van der Waals surface area contributed by atoms with Crippen molar-refractivity contribution in [2.45, 2.75) is 32.4 Å². The molecular formula is C10H20N2O3. The van der Waals surface area contributed by atoms with Crippen LogP contribution in [0.1, 0.15) is 20.8 Å². The molecule has 0 aliphatic carbocycles. The number of carbonyl (C=O) groups excluding carboxylic acids is 1. The normalized spacial score (nSPS) is 26.4. The molecule has 2 atom stereocenters. The first-order valence-corrected chi connectivity index (χ1v) is 5.19. The van der Waals surface area contributed by atoms with Gasteiger partial charge < -0.3 is 20.5 Å². The fourth-order valence-corrected chi connectivity index (χ4v) is 1.45. The first-order valence-electron chi connectivity index (χ1n) is 5.19. The molecule has 1 aliphatic heterocycles. The number of rotatable bonds is 2. The number of nitrogens with two attached hydrogens (primary N) is 1. The van der Waals surface area contributed by atoms with Crippen molar-refractivity contribution in [3.8, 4) is 0 Å². The minimum absolute atomic E-state index is 0.0233. The molecule has 1 saturated heterocycles. The van der Waals surface area contributed by atoms with Gasteiger partial charge >= 0.3 is 6.09 Å².